The molecule has 6 nitrogen and oxygen atoms in total. The van der Waals surface area contributed by atoms with Gasteiger partial charge >= 0.3 is 0 Å². The van der Waals surface area contributed by atoms with Crippen molar-refractivity contribution in [3.05, 3.63) is 28.8 Å². The fourth-order valence-corrected chi connectivity index (χ4v) is 5.29. The summed E-state index contributed by atoms with van der Waals surface area (Å²) in [7, 11) is 0. The molecule has 0 radical (unpaired) electrons. The summed E-state index contributed by atoms with van der Waals surface area (Å²) in [5.74, 6) is -0.570. The number of anilines is 1. The van der Waals surface area contributed by atoms with Gasteiger partial charge in [0.25, 0.3) is 0 Å². The number of aryl methyl sites for hydroxylation is 1. The van der Waals surface area contributed by atoms with E-state index in [1.165, 1.54) is 0 Å². The van der Waals surface area contributed by atoms with Gasteiger partial charge in [0, 0.05) is 16.8 Å². The van der Waals surface area contributed by atoms with Crippen molar-refractivity contribution in [1.82, 2.24) is 10.6 Å². The maximum atomic E-state index is 13.1. The highest BCUT2D eigenvalue weighted by molar-refractivity contribution is 7.80. The highest BCUT2D eigenvalue weighted by atomic mass is 35.5. The molecule has 8 heteroatoms. The average molecular weight is 424 g/mol. The molecular formula is C20H26ClN3O3S. The van der Waals surface area contributed by atoms with Crippen LogP contribution in [0.3, 0.4) is 0 Å². The molecule has 2 saturated carbocycles. The SMILES string of the molecule is Cc1ccc(N2C(=S)N[C@H]3[C@@H](O)[C@H](O)C[C@@H](C(=O)NC4CCCC4)[C@H]32)cc1Cl. The normalized spacial score (nSPS) is 32.9. The van der Waals surface area contributed by atoms with Crippen molar-refractivity contribution in [3.8, 4) is 0 Å². The van der Waals surface area contributed by atoms with Crippen molar-refractivity contribution in [2.24, 2.45) is 5.92 Å². The predicted octanol–water partition coefficient (Wildman–Crippen LogP) is 1.88. The number of carbonyl (C=O) groups is 1. The third-order valence-corrected chi connectivity index (χ3v) is 7.04. The number of benzene rings is 1. The molecule has 1 heterocycles. The molecule has 0 aromatic heterocycles. The zero-order valence-corrected chi connectivity index (χ0v) is 17.3. The number of aliphatic hydroxyl groups excluding tert-OH is 2. The summed E-state index contributed by atoms with van der Waals surface area (Å²) in [6.07, 6.45) is 2.46. The molecule has 0 bridgehead atoms. The zero-order chi connectivity index (χ0) is 20.0. The lowest BCUT2D eigenvalue weighted by atomic mass is 9.77. The third kappa shape index (κ3) is 3.49. The van der Waals surface area contributed by atoms with E-state index < -0.39 is 24.2 Å². The number of rotatable bonds is 3. The predicted molar refractivity (Wildman–Crippen MR) is 112 cm³/mol. The van der Waals surface area contributed by atoms with E-state index in [1.807, 2.05) is 30.0 Å². The molecule has 1 aromatic carbocycles. The molecule has 28 heavy (non-hydrogen) atoms. The Morgan fingerprint density at radius 3 is 2.71 bits per heavy atom. The summed E-state index contributed by atoms with van der Waals surface area (Å²) in [6.45, 7) is 1.92. The lowest BCUT2D eigenvalue weighted by Crippen LogP contribution is -2.61. The van der Waals surface area contributed by atoms with E-state index in [9.17, 15) is 15.0 Å². The summed E-state index contributed by atoms with van der Waals surface area (Å²) in [4.78, 5) is 15.0. The molecule has 1 saturated heterocycles. The van der Waals surface area contributed by atoms with E-state index in [0.717, 1.165) is 36.9 Å². The Hall–Kier alpha value is -1.41. The monoisotopic (exact) mass is 423 g/mol. The second-order valence-corrected chi connectivity index (χ2v) is 8.95. The Labute approximate surface area is 175 Å². The summed E-state index contributed by atoms with van der Waals surface area (Å²) in [5.41, 5.74) is 1.73. The molecule has 0 unspecified atom stereocenters. The van der Waals surface area contributed by atoms with Gasteiger partial charge in [-0.3, -0.25) is 4.79 Å². The molecule has 3 fully saturated rings. The smallest absolute Gasteiger partial charge is 0.225 e. The van der Waals surface area contributed by atoms with E-state index in [-0.39, 0.29) is 24.4 Å². The molecule has 1 aliphatic heterocycles. The van der Waals surface area contributed by atoms with Gasteiger partial charge in [-0.05, 0) is 56.1 Å². The van der Waals surface area contributed by atoms with E-state index in [4.69, 9.17) is 23.8 Å². The molecule has 3 aliphatic rings. The lowest BCUT2D eigenvalue weighted by Gasteiger charge is -2.41. The van der Waals surface area contributed by atoms with Crippen LogP contribution in [0.25, 0.3) is 0 Å². The number of carbonyl (C=O) groups excluding carboxylic acids is 1. The molecule has 4 N–H and O–H groups in total. The number of hydrogen-bond donors (Lipinski definition) is 4. The van der Waals surface area contributed by atoms with Gasteiger partial charge in [-0.25, -0.2) is 0 Å². The van der Waals surface area contributed by atoms with Crippen LogP contribution in [-0.4, -0.2) is 51.6 Å². The van der Waals surface area contributed by atoms with Crippen LogP contribution in [0, 0.1) is 12.8 Å². The minimum Gasteiger partial charge on any atom is -0.390 e. The Balaban J connectivity index is 1.66. The number of thiocarbonyl (C=S) groups is 1. The van der Waals surface area contributed by atoms with Crippen LogP contribution in [0.1, 0.15) is 37.7 Å². The molecule has 0 spiro atoms. The molecule has 152 valence electrons. The Bertz CT molecular complexity index is 786. The molecular weight excluding hydrogens is 398 g/mol. The fourth-order valence-electron chi connectivity index (χ4n) is 4.75. The number of nitrogens with zero attached hydrogens (tertiary/aromatic N) is 1. The zero-order valence-electron chi connectivity index (χ0n) is 15.8. The number of aliphatic hydroxyl groups is 2. The van der Waals surface area contributed by atoms with E-state index in [1.54, 1.807) is 0 Å². The second-order valence-electron chi connectivity index (χ2n) is 8.16. The summed E-state index contributed by atoms with van der Waals surface area (Å²) in [5, 5.41) is 28.3. The summed E-state index contributed by atoms with van der Waals surface area (Å²) >= 11 is 11.9. The van der Waals surface area contributed by atoms with Crippen LogP contribution < -0.4 is 15.5 Å². The number of nitrogens with one attached hydrogen (secondary N) is 2. The average Bonchev–Trinajstić information content (AvgIpc) is 3.28. The number of hydrogen-bond acceptors (Lipinski definition) is 4. The van der Waals surface area contributed by atoms with Crippen molar-refractivity contribution >= 4 is 40.5 Å². The largest absolute Gasteiger partial charge is 0.390 e. The van der Waals surface area contributed by atoms with Crippen LogP contribution in [0.2, 0.25) is 5.02 Å². The van der Waals surface area contributed by atoms with Crippen LogP contribution in [0.5, 0.6) is 0 Å². The van der Waals surface area contributed by atoms with Crippen molar-refractivity contribution in [2.75, 3.05) is 4.90 Å². The first-order chi connectivity index (χ1) is 13.4. The van der Waals surface area contributed by atoms with Gasteiger partial charge in [-0.15, -0.1) is 0 Å². The van der Waals surface area contributed by atoms with Crippen LogP contribution in [0.15, 0.2) is 18.2 Å². The van der Waals surface area contributed by atoms with Crippen molar-refractivity contribution in [2.45, 2.75) is 69.4 Å². The van der Waals surface area contributed by atoms with E-state index in [2.05, 4.69) is 10.6 Å². The standard InChI is InChI=1S/C20H26ClN3O3S/c1-10-6-7-12(8-14(10)21)24-17-13(19(27)22-11-4-2-3-5-11)9-15(25)18(26)16(17)23-20(24)28/h6-8,11,13,15-18,25-26H,2-5,9H2,1H3,(H,22,27)(H,23,28)/t13-,15-,16-,17-,18+/m1/s1. The number of halogens is 1. The van der Waals surface area contributed by atoms with Gasteiger partial charge in [0.2, 0.25) is 5.91 Å². The van der Waals surface area contributed by atoms with Crippen molar-refractivity contribution < 1.29 is 15.0 Å². The topological polar surface area (TPSA) is 84.8 Å². The minimum atomic E-state index is -0.996. The van der Waals surface area contributed by atoms with E-state index >= 15 is 0 Å². The molecule has 4 rings (SSSR count). The molecule has 2 aliphatic carbocycles. The maximum absolute atomic E-state index is 13.1. The Morgan fingerprint density at radius 1 is 1.32 bits per heavy atom. The lowest BCUT2D eigenvalue weighted by molar-refractivity contribution is -0.131. The van der Waals surface area contributed by atoms with Gasteiger partial charge in [0.1, 0.15) is 6.10 Å². The van der Waals surface area contributed by atoms with Gasteiger partial charge in [0.15, 0.2) is 5.11 Å². The van der Waals surface area contributed by atoms with Gasteiger partial charge in [0.05, 0.1) is 24.1 Å². The first-order valence-electron chi connectivity index (χ1n) is 9.89. The highest BCUT2D eigenvalue weighted by Crippen LogP contribution is 2.38. The highest BCUT2D eigenvalue weighted by Gasteiger charge is 2.54. The Morgan fingerprint density at radius 2 is 2.04 bits per heavy atom. The third-order valence-electron chi connectivity index (χ3n) is 6.32. The number of amides is 1. The summed E-state index contributed by atoms with van der Waals surface area (Å²) in [6, 6.07) is 4.95. The minimum absolute atomic E-state index is 0.0810. The van der Waals surface area contributed by atoms with Crippen molar-refractivity contribution in [3.63, 3.8) is 0 Å². The first kappa shape index (κ1) is 19.9. The van der Waals surface area contributed by atoms with Crippen molar-refractivity contribution in [1.29, 1.82) is 0 Å². The van der Waals surface area contributed by atoms with Gasteiger partial charge in [-0.1, -0.05) is 30.5 Å². The first-order valence-corrected chi connectivity index (χ1v) is 10.7. The molecule has 1 amide bonds. The Kier molecular flexibility index (Phi) is 5.53. The van der Waals surface area contributed by atoms with Crippen LogP contribution in [0.4, 0.5) is 5.69 Å². The quantitative estimate of drug-likeness (QED) is 0.555. The molecule has 5 atom stereocenters. The molecule has 1 aromatic rings. The van der Waals surface area contributed by atoms with Gasteiger partial charge in [-0.2, -0.15) is 0 Å². The maximum Gasteiger partial charge on any atom is 0.225 e. The second kappa shape index (κ2) is 7.78. The van der Waals surface area contributed by atoms with E-state index in [0.29, 0.717) is 10.1 Å². The van der Waals surface area contributed by atoms with Crippen LogP contribution >= 0.6 is 23.8 Å². The van der Waals surface area contributed by atoms with Crippen LogP contribution in [-0.2, 0) is 4.79 Å². The van der Waals surface area contributed by atoms with Gasteiger partial charge < -0.3 is 25.7 Å². The fraction of sp³-hybridized carbons (Fsp3) is 0.600. The summed E-state index contributed by atoms with van der Waals surface area (Å²) < 4.78 is 0. The number of fused-ring (bicyclic) bond motifs is 1.